The summed E-state index contributed by atoms with van der Waals surface area (Å²) in [7, 11) is 0. The average molecular weight is 433 g/mol. The van der Waals surface area contributed by atoms with E-state index in [1.807, 2.05) is 6.92 Å². The zero-order chi connectivity index (χ0) is 22.9. The number of rotatable bonds is 5. The zero-order valence-corrected chi connectivity index (χ0v) is 19.1. The third-order valence-electron chi connectivity index (χ3n) is 6.48. The van der Waals surface area contributed by atoms with Gasteiger partial charge in [0, 0.05) is 5.56 Å². The molecule has 6 nitrogen and oxygen atoms in total. The van der Waals surface area contributed by atoms with E-state index >= 15 is 0 Å². The van der Waals surface area contributed by atoms with Crippen molar-refractivity contribution >= 4 is 0 Å². The molecule has 3 rings (SSSR count). The molecule has 172 valence electrons. The number of allylic oxidation sites excluding steroid dienone is 4. The second-order valence-corrected chi connectivity index (χ2v) is 9.32. The Labute approximate surface area is 184 Å². The van der Waals surface area contributed by atoms with Gasteiger partial charge in [-0.3, -0.25) is 0 Å². The van der Waals surface area contributed by atoms with Crippen LogP contribution in [0.1, 0.15) is 69.1 Å². The Balaban J connectivity index is 1.92. The van der Waals surface area contributed by atoms with Gasteiger partial charge in [0.1, 0.15) is 18.3 Å². The molecule has 4 N–H and O–H groups in total. The van der Waals surface area contributed by atoms with Gasteiger partial charge in [0.2, 0.25) is 6.29 Å². The molecule has 1 heterocycles. The molecule has 1 aliphatic heterocycles. The van der Waals surface area contributed by atoms with Crippen LogP contribution in [0, 0.1) is 12.8 Å². The molecule has 1 saturated heterocycles. The molecule has 1 aromatic carbocycles. The van der Waals surface area contributed by atoms with Crippen molar-refractivity contribution < 1.29 is 29.9 Å². The smallest absolute Gasteiger partial charge is 0.229 e. The Bertz CT molecular complexity index is 841. The largest absolute Gasteiger partial charge is 0.504 e. The van der Waals surface area contributed by atoms with Crippen molar-refractivity contribution in [1.82, 2.24) is 0 Å². The van der Waals surface area contributed by atoms with Crippen LogP contribution < -0.4 is 4.74 Å². The van der Waals surface area contributed by atoms with Crippen molar-refractivity contribution in [2.75, 3.05) is 6.61 Å². The fourth-order valence-electron chi connectivity index (χ4n) is 4.63. The van der Waals surface area contributed by atoms with E-state index in [2.05, 4.69) is 52.0 Å². The van der Waals surface area contributed by atoms with Crippen molar-refractivity contribution in [1.29, 1.82) is 0 Å². The maximum absolute atomic E-state index is 11.2. The van der Waals surface area contributed by atoms with E-state index in [0.717, 1.165) is 29.5 Å². The van der Waals surface area contributed by atoms with Crippen LogP contribution in [-0.4, -0.2) is 51.6 Å². The molecule has 0 aromatic heterocycles. The zero-order valence-electron chi connectivity index (χ0n) is 19.1. The van der Waals surface area contributed by atoms with Gasteiger partial charge >= 0.3 is 0 Å². The Morgan fingerprint density at radius 3 is 2.58 bits per heavy atom. The molecule has 1 aromatic rings. The number of hydrogen-bond acceptors (Lipinski definition) is 6. The molecular weight excluding hydrogens is 396 g/mol. The van der Waals surface area contributed by atoms with Crippen molar-refractivity contribution in [2.24, 2.45) is 5.92 Å². The lowest BCUT2D eigenvalue weighted by Gasteiger charge is -2.37. The highest BCUT2D eigenvalue weighted by Gasteiger charge is 2.40. The molecule has 0 amide bonds. The maximum Gasteiger partial charge on any atom is 0.229 e. The van der Waals surface area contributed by atoms with E-state index in [1.54, 1.807) is 0 Å². The van der Waals surface area contributed by atoms with Crippen LogP contribution >= 0.6 is 0 Å². The molecule has 6 heteroatoms. The van der Waals surface area contributed by atoms with E-state index in [-0.39, 0.29) is 24.0 Å². The number of aromatic hydroxyl groups is 1. The fraction of sp³-hybridized carbons (Fsp3) is 0.600. The van der Waals surface area contributed by atoms with Gasteiger partial charge in [0.15, 0.2) is 11.5 Å². The minimum Gasteiger partial charge on any atom is -0.504 e. The number of aryl methyl sites for hydroxylation is 1. The topological polar surface area (TPSA) is 99.4 Å². The molecule has 1 fully saturated rings. The minimum absolute atomic E-state index is 0.0732. The lowest BCUT2D eigenvalue weighted by molar-refractivity contribution is -0.242. The number of phenols is 1. The van der Waals surface area contributed by atoms with E-state index in [1.165, 1.54) is 5.57 Å². The lowest BCUT2D eigenvalue weighted by Crippen LogP contribution is -2.54. The predicted octanol–water partition coefficient (Wildman–Crippen LogP) is 3.66. The molecule has 31 heavy (non-hydrogen) atoms. The minimum atomic E-state index is -1.41. The number of fused-ring (bicyclic) bond motifs is 1. The monoisotopic (exact) mass is 432 g/mol. The first kappa shape index (κ1) is 23.8. The molecule has 1 aliphatic carbocycles. The van der Waals surface area contributed by atoms with Crippen LogP contribution in [0.3, 0.4) is 0 Å². The summed E-state index contributed by atoms with van der Waals surface area (Å²) in [6.07, 6.45) is 3.31. The highest BCUT2D eigenvalue weighted by molar-refractivity contribution is 5.57. The SMILES string of the molecule is CC(C)=C/C=C\[C@H](C)[C@H]1CC[C@H](C)c2c1cc(C)c(O[C@H]1OC[C@@H](O)[C@@H](O)[C@@H]1O)c2O. The molecule has 2 aliphatic rings. The number of phenolic OH excluding ortho intramolecular Hbond substituents is 1. The number of benzene rings is 1. The van der Waals surface area contributed by atoms with Gasteiger partial charge in [0.25, 0.3) is 0 Å². The van der Waals surface area contributed by atoms with Gasteiger partial charge in [-0.25, -0.2) is 0 Å². The van der Waals surface area contributed by atoms with Gasteiger partial charge in [-0.2, -0.15) is 0 Å². The number of aliphatic hydroxyl groups is 3. The molecule has 0 spiro atoms. The molecule has 0 radical (unpaired) electrons. The van der Waals surface area contributed by atoms with Crippen LogP contribution in [0.15, 0.2) is 29.9 Å². The van der Waals surface area contributed by atoms with Crippen molar-refractivity contribution in [3.63, 3.8) is 0 Å². The first-order chi connectivity index (χ1) is 14.6. The van der Waals surface area contributed by atoms with Crippen LogP contribution in [0.25, 0.3) is 0 Å². The normalized spacial score (nSPS) is 31.9. The number of hydrogen-bond donors (Lipinski definition) is 4. The summed E-state index contributed by atoms with van der Waals surface area (Å²) in [4.78, 5) is 0. The second-order valence-electron chi connectivity index (χ2n) is 9.32. The van der Waals surface area contributed by atoms with Crippen LogP contribution in [0.2, 0.25) is 0 Å². The average Bonchev–Trinajstić information content (AvgIpc) is 2.70. The first-order valence-corrected chi connectivity index (χ1v) is 11.1. The Morgan fingerprint density at radius 1 is 1.19 bits per heavy atom. The van der Waals surface area contributed by atoms with Crippen molar-refractivity contribution in [3.8, 4) is 11.5 Å². The predicted molar refractivity (Wildman–Crippen MR) is 119 cm³/mol. The van der Waals surface area contributed by atoms with E-state index in [9.17, 15) is 20.4 Å². The highest BCUT2D eigenvalue weighted by atomic mass is 16.7. The molecule has 0 unspecified atom stereocenters. The standard InChI is InChI=1S/C25H36O6/c1-13(2)7-6-8-14(3)17-10-9-15(4)20-18(17)11-16(5)24(22(20)28)31-25-23(29)21(27)19(26)12-30-25/h6-8,11,14-15,17,19,21,23,25-29H,9-10,12H2,1-5H3/b8-6-/t14-,15-,17+,19+,21+,23-,25+/m0/s1. The van der Waals surface area contributed by atoms with Crippen molar-refractivity contribution in [3.05, 3.63) is 46.6 Å². The number of ether oxygens (including phenoxy) is 2. The summed E-state index contributed by atoms with van der Waals surface area (Å²) < 4.78 is 11.2. The second kappa shape index (κ2) is 9.74. The van der Waals surface area contributed by atoms with E-state index < -0.39 is 24.6 Å². The lowest BCUT2D eigenvalue weighted by atomic mass is 9.71. The van der Waals surface area contributed by atoms with Gasteiger partial charge in [-0.15, -0.1) is 0 Å². The molecule has 0 bridgehead atoms. The van der Waals surface area contributed by atoms with Crippen LogP contribution in [-0.2, 0) is 4.74 Å². The summed E-state index contributed by atoms with van der Waals surface area (Å²) in [5, 5.41) is 41.0. The van der Waals surface area contributed by atoms with Gasteiger partial charge in [-0.05, 0) is 62.5 Å². The third-order valence-corrected chi connectivity index (χ3v) is 6.48. The van der Waals surface area contributed by atoms with Crippen LogP contribution in [0.5, 0.6) is 11.5 Å². The summed E-state index contributed by atoms with van der Waals surface area (Å²) in [6.45, 7) is 10.2. The Hall–Kier alpha value is -1.86. The maximum atomic E-state index is 11.2. The Morgan fingerprint density at radius 2 is 1.90 bits per heavy atom. The summed E-state index contributed by atoms with van der Waals surface area (Å²) in [6, 6.07) is 2.07. The summed E-state index contributed by atoms with van der Waals surface area (Å²) in [5.74, 6) is 1.11. The number of aliphatic hydroxyl groups excluding tert-OH is 3. The molecular formula is C25H36O6. The fourth-order valence-corrected chi connectivity index (χ4v) is 4.63. The van der Waals surface area contributed by atoms with E-state index in [0.29, 0.717) is 11.8 Å². The summed E-state index contributed by atoms with van der Waals surface area (Å²) >= 11 is 0. The van der Waals surface area contributed by atoms with Gasteiger partial charge in [-0.1, -0.05) is 43.7 Å². The quantitative estimate of drug-likeness (QED) is 0.530. The van der Waals surface area contributed by atoms with Crippen molar-refractivity contribution in [2.45, 2.75) is 83.9 Å². The molecule has 7 atom stereocenters. The van der Waals surface area contributed by atoms with Gasteiger partial charge < -0.3 is 29.9 Å². The Kier molecular flexibility index (Phi) is 7.47. The van der Waals surface area contributed by atoms with E-state index in [4.69, 9.17) is 9.47 Å². The third kappa shape index (κ3) is 4.98. The highest BCUT2D eigenvalue weighted by Crippen LogP contribution is 2.50. The summed E-state index contributed by atoms with van der Waals surface area (Å²) in [5.41, 5.74) is 4.01. The van der Waals surface area contributed by atoms with Gasteiger partial charge in [0.05, 0.1) is 6.61 Å². The molecule has 0 saturated carbocycles. The van der Waals surface area contributed by atoms with Crippen LogP contribution in [0.4, 0.5) is 0 Å². The first-order valence-electron chi connectivity index (χ1n) is 11.1.